The van der Waals surface area contributed by atoms with E-state index in [0.717, 1.165) is 12.2 Å². The van der Waals surface area contributed by atoms with Gasteiger partial charge >= 0.3 is 0 Å². The number of rotatable bonds is 9. The first-order valence-corrected chi connectivity index (χ1v) is 9.48. The summed E-state index contributed by atoms with van der Waals surface area (Å²) in [5.74, 6) is 0.520. The second-order valence-corrected chi connectivity index (χ2v) is 6.85. The Morgan fingerprint density at radius 3 is 2.54 bits per heavy atom. The summed E-state index contributed by atoms with van der Waals surface area (Å²) in [6.07, 6.45) is 3.76. The smallest absolute Gasteiger partial charge is 0.261 e. The second-order valence-electron chi connectivity index (χ2n) is 6.42. The Hall–Kier alpha value is -2.98. The summed E-state index contributed by atoms with van der Waals surface area (Å²) in [4.78, 5) is 14.4. The van der Waals surface area contributed by atoms with Gasteiger partial charge in [-0.05, 0) is 42.0 Å². The minimum atomic E-state index is -0.0951. The Morgan fingerprint density at radius 2 is 1.82 bits per heavy atom. The molecule has 0 aliphatic heterocycles. The van der Waals surface area contributed by atoms with E-state index in [0.29, 0.717) is 23.9 Å². The molecule has 0 atom stereocenters. The van der Waals surface area contributed by atoms with Crippen molar-refractivity contribution in [2.24, 2.45) is 0 Å². The molecule has 0 aliphatic rings. The standard InChI is InChI=1S/C23H23ClN2O2/c1-2-14-26(23(27)18-28-22-12-10-20(24)11-13-22)17-21-9-6-15-25(21)16-19-7-4-3-5-8-19/h2-13,15H,1,14,16-18H2. The fourth-order valence-electron chi connectivity index (χ4n) is 2.90. The van der Waals surface area contributed by atoms with Gasteiger partial charge in [0.05, 0.1) is 6.54 Å². The van der Waals surface area contributed by atoms with Crippen LogP contribution in [0.2, 0.25) is 5.02 Å². The summed E-state index contributed by atoms with van der Waals surface area (Å²) >= 11 is 5.87. The van der Waals surface area contributed by atoms with Gasteiger partial charge in [0, 0.05) is 30.0 Å². The lowest BCUT2D eigenvalue weighted by Crippen LogP contribution is -2.35. The van der Waals surface area contributed by atoms with Gasteiger partial charge in [-0.3, -0.25) is 4.79 Å². The molecule has 0 spiro atoms. The Bertz CT molecular complexity index is 904. The molecule has 0 saturated heterocycles. The average Bonchev–Trinajstić information content (AvgIpc) is 3.14. The quantitative estimate of drug-likeness (QED) is 0.489. The van der Waals surface area contributed by atoms with Crippen molar-refractivity contribution in [3.8, 4) is 5.75 Å². The lowest BCUT2D eigenvalue weighted by molar-refractivity contribution is -0.133. The van der Waals surface area contributed by atoms with Crippen molar-refractivity contribution in [2.45, 2.75) is 13.1 Å². The van der Waals surface area contributed by atoms with Gasteiger partial charge in [-0.15, -0.1) is 6.58 Å². The van der Waals surface area contributed by atoms with E-state index >= 15 is 0 Å². The SMILES string of the molecule is C=CCN(Cc1cccn1Cc1ccccc1)C(=O)COc1ccc(Cl)cc1. The third kappa shape index (κ3) is 5.51. The molecule has 0 unspecified atom stereocenters. The van der Waals surface area contributed by atoms with Crippen LogP contribution in [-0.2, 0) is 17.9 Å². The second kappa shape index (κ2) is 9.81. The monoisotopic (exact) mass is 394 g/mol. The number of hydrogen-bond donors (Lipinski definition) is 0. The highest BCUT2D eigenvalue weighted by Crippen LogP contribution is 2.16. The maximum atomic E-state index is 12.7. The minimum Gasteiger partial charge on any atom is -0.484 e. The molecule has 5 heteroatoms. The van der Waals surface area contributed by atoms with Crippen LogP contribution in [0.1, 0.15) is 11.3 Å². The van der Waals surface area contributed by atoms with Crippen LogP contribution in [0.5, 0.6) is 5.75 Å². The van der Waals surface area contributed by atoms with Crippen LogP contribution in [0.15, 0.2) is 85.6 Å². The number of hydrogen-bond acceptors (Lipinski definition) is 2. The molecule has 0 fully saturated rings. The van der Waals surface area contributed by atoms with Gasteiger partial charge in [0.15, 0.2) is 6.61 Å². The minimum absolute atomic E-state index is 0.0329. The fourth-order valence-corrected chi connectivity index (χ4v) is 3.03. The molecule has 28 heavy (non-hydrogen) atoms. The maximum absolute atomic E-state index is 12.7. The highest BCUT2D eigenvalue weighted by molar-refractivity contribution is 6.30. The first kappa shape index (κ1) is 19.8. The highest BCUT2D eigenvalue weighted by Gasteiger charge is 2.15. The maximum Gasteiger partial charge on any atom is 0.261 e. The lowest BCUT2D eigenvalue weighted by Gasteiger charge is -2.22. The number of nitrogens with zero attached hydrogens (tertiary/aromatic N) is 2. The Kier molecular flexibility index (Phi) is 6.93. The van der Waals surface area contributed by atoms with Crippen molar-refractivity contribution in [1.29, 1.82) is 0 Å². The van der Waals surface area contributed by atoms with Crippen LogP contribution in [0.4, 0.5) is 0 Å². The highest BCUT2D eigenvalue weighted by atomic mass is 35.5. The number of aromatic nitrogens is 1. The van der Waals surface area contributed by atoms with E-state index < -0.39 is 0 Å². The molecule has 1 aromatic heterocycles. The van der Waals surface area contributed by atoms with Crippen LogP contribution in [0.25, 0.3) is 0 Å². The van der Waals surface area contributed by atoms with Gasteiger partial charge in [-0.2, -0.15) is 0 Å². The van der Waals surface area contributed by atoms with Gasteiger partial charge in [-0.1, -0.05) is 48.0 Å². The molecule has 4 nitrogen and oxygen atoms in total. The molecular weight excluding hydrogens is 372 g/mol. The number of ether oxygens (including phenoxy) is 1. The summed E-state index contributed by atoms with van der Waals surface area (Å²) in [5.41, 5.74) is 2.28. The van der Waals surface area contributed by atoms with E-state index in [4.69, 9.17) is 16.3 Å². The fraction of sp³-hybridized carbons (Fsp3) is 0.174. The molecular formula is C23H23ClN2O2. The summed E-state index contributed by atoms with van der Waals surface area (Å²) in [6.45, 7) is 5.46. The van der Waals surface area contributed by atoms with E-state index in [2.05, 4.69) is 23.3 Å². The van der Waals surface area contributed by atoms with Crippen LogP contribution in [-0.4, -0.2) is 28.5 Å². The molecule has 0 aliphatic carbocycles. The average molecular weight is 395 g/mol. The van der Waals surface area contributed by atoms with Crippen LogP contribution in [0.3, 0.4) is 0 Å². The normalized spacial score (nSPS) is 10.5. The van der Waals surface area contributed by atoms with Crippen LogP contribution < -0.4 is 4.74 Å². The third-order valence-electron chi connectivity index (χ3n) is 4.35. The van der Waals surface area contributed by atoms with Crippen LogP contribution in [0, 0.1) is 0 Å². The third-order valence-corrected chi connectivity index (χ3v) is 4.60. The van der Waals surface area contributed by atoms with Crippen LogP contribution >= 0.6 is 11.6 Å². The molecule has 0 saturated carbocycles. The predicted octanol–water partition coefficient (Wildman–Crippen LogP) is 4.78. The Morgan fingerprint density at radius 1 is 1.07 bits per heavy atom. The van der Waals surface area contributed by atoms with E-state index in [1.54, 1.807) is 35.2 Å². The van der Waals surface area contributed by atoms with Crippen molar-refractivity contribution < 1.29 is 9.53 Å². The van der Waals surface area contributed by atoms with Crippen molar-refractivity contribution in [3.63, 3.8) is 0 Å². The largest absolute Gasteiger partial charge is 0.484 e. The van der Waals surface area contributed by atoms with Gasteiger partial charge < -0.3 is 14.2 Å². The van der Waals surface area contributed by atoms with Crippen molar-refractivity contribution in [1.82, 2.24) is 9.47 Å². The van der Waals surface area contributed by atoms with Crippen molar-refractivity contribution in [2.75, 3.05) is 13.2 Å². The topological polar surface area (TPSA) is 34.5 Å². The van der Waals surface area contributed by atoms with E-state index in [9.17, 15) is 4.79 Å². The van der Waals surface area contributed by atoms with Crippen molar-refractivity contribution >= 4 is 17.5 Å². The van der Waals surface area contributed by atoms with Gasteiger partial charge in [0.1, 0.15) is 5.75 Å². The van der Waals surface area contributed by atoms with E-state index in [1.807, 2.05) is 36.5 Å². The predicted molar refractivity (Wildman–Crippen MR) is 113 cm³/mol. The van der Waals surface area contributed by atoms with Gasteiger partial charge in [0.2, 0.25) is 0 Å². The van der Waals surface area contributed by atoms with Gasteiger partial charge in [-0.25, -0.2) is 0 Å². The lowest BCUT2D eigenvalue weighted by atomic mass is 10.2. The molecule has 0 bridgehead atoms. The summed E-state index contributed by atoms with van der Waals surface area (Å²) in [5, 5.41) is 0.631. The van der Waals surface area contributed by atoms with E-state index in [1.165, 1.54) is 5.56 Å². The zero-order valence-corrected chi connectivity index (χ0v) is 16.4. The van der Waals surface area contributed by atoms with E-state index in [-0.39, 0.29) is 12.5 Å². The van der Waals surface area contributed by atoms with Gasteiger partial charge in [0.25, 0.3) is 5.91 Å². The molecule has 2 aromatic carbocycles. The molecule has 0 radical (unpaired) electrons. The number of halogens is 1. The zero-order valence-electron chi connectivity index (χ0n) is 15.6. The molecule has 0 N–H and O–H groups in total. The molecule has 3 rings (SSSR count). The number of carbonyl (C=O) groups is 1. The molecule has 1 heterocycles. The summed E-state index contributed by atoms with van der Waals surface area (Å²) < 4.78 is 7.76. The number of benzene rings is 2. The molecule has 144 valence electrons. The zero-order chi connectivity index (χ0) is 19.8. The Balaban J connectivity index is 1.64. The molecule has 1 amide bonds. The Labute approximate surface area is 170 Å². The number of amides is 1. The first-order valence-electron chi connectivity index (χ1n) is 9.10. The number of carbonyl (C=O) groups excluding carboxylic acids is 1. The first-order chi connectivity index (χ1) is 13.7. The summed E-state index contributed by atoms with van der Waals surface area (Å²) in [7, 11) is 0. The molecule has 3 aromatic rings. The van der Waals surface area contributed by atoms with Crippen molar-refractivity contribution in [3.05, 3.63) is 102 Å². The summed E-state index contributed by atoms with van der Waals surface area (Å²) in [6, 6.07) is 21.2.